The van der Waals surface area contributed by atoms with Crippen molar-refractivity contribution in [2.45, 2.75) is 46.1 Å². The summed E-state index contributed by atoms with van der Waals surface area (Å²) in [5, 5.41) is 3.46. The van der Waals surface area contributed by atoms with Gasteiger partial charge in [-0.2, -0.15) is 0 Å². The molecule has 1 aromatic heterocycles. The second-order valence-corrected chi connectivity index (χ2v) is 5.20. The van der Waals surface area contributed by atoms with Crippen molar-refractivity contribution >= 4 is 5.82 Å². The minimum absolute atomic E-state index is 0.956. The fourth-order valence-electron chi connectivity index (χ4n) is 2.52. The predicted molar refractivity (Wildman–Crippen MR) is 77.0 cm³/mol. The van der Waals surface area contributed by atoms with Crippen molar-refractivity contribution in [2.75, 3.05) is 24.5 Å². The molecule has 3 nitrogen and oxygen atoms in total. The summed E-state index contributed by atoms with van der Waals surface area (Å²) in [6.45, 7) is 8.66. The first kappa shape index (κ1) is 13.3. The molecule has 0 atom stereocenters. The molecule has 0 aromatic carbocycles. The van der Waals surface area contributed by atoms with Gasteiger partial charge in [-0.05, 0) is 56.8 Å². The molecule has 1 saturated heterocycles. The van der Waals surface area contributed by atoms with Gasteiger partial charge in [0.05, 0.1) is 0 Å². The van der Waals surface area contributed by atoms with Gasteiger partial charge in [-0.25, -0.2) is 4.98 Å². The zero-order valence-electron chi connectivity index (χ0n) is 11.7. The normalized spacial score (nSPS) is 16.0. The number of aromatic nitrogens is 1. The van der Waals surface area contributed by atoms with Crippen LogP contribution in [0.2, 0.25) is 0 Å². The maximum Gasteiger partial charge on any atom is 0.129 e. The van der Waals surface area contributed by atoms with Crippen molar-refractivity contribution < 1.29 is 0 Å². The second-order valence-electron chi connectivity index (χ2n) is 5.20. The molecule has 18 heavy (non-hydrogen) atoms. The van der Waals surface area contributed by atoms with Crippen molar-refractivity contribution in [1.82, 2.24) is 10.3 Å². The van der Waals surface area contributed by atoms with E-state index in [-0.39, 0.29) is 0 Å². The summed E-state index contributed by atoms with van der Waals surface area (Å²) in [5.41, 5.74) is 2.49. The summed E-state index contributed by atoms with van der Waals surface area (Å²) in [6, 6.07) is 4.44. The van der Waals surface area contributed by atoms with Gasteiger partial charge in [0.1, 0.15) is 5.82 Å². The number of hydrogen-bond donors (Lipinski definition) is 1. The number of nitrogens with zero attached hydrogens (tertiary/aromatic N) is 2. The highest BCUT2D eigenvalue weighted by Gasteiger charge is 2.12. The minimum atomic E-state index is 0.956. The summed E-state index contributed by atoms with van der Waals surface area (Å²) in [4.78, 5) is 7.11. The molecule has 1 N–H and O–H groups in total. The van der Waals surface area contributed by atoms with Crippen LogP contribution in [0.25, 0.3) is 0 Å². The molecular formula is C15H25N3. The Morgan fingerprint density at radius 1 is 1.22 bits per heavy atom. The maximum absolute atomic E-state index is 4.68. The molecule has 0 aliphatic carbocycles. The highest BCUT2D eigenvalue weighted by molar-refractivity contribution is 5.43. The fourth-order valence-corrected chi connectivity index (χ4v) is 2.52. The predicted octanol–water partition coefficient (Wildman–Crippen LogP) is 2.88. The van der Waals surface area contributed by atoms with Crippen LogP contribution in [0, 0.1) is 6.92 Å². The lowest BCUT2D eigenvalue weighted by molar-refractivity contribution is 0.572. The van der Waals surface area contributed by atoms with Crippen LogP contribution in [0.1, 0.15) is 43.9 Å². The molecule has 0 spiro atoms. The molecule has 2 heterocycles. The van der Waals surface area contributed by atoms with E-state index in [0.717, 1.165) is 31.9 Å². The van der Waals surface area contributed by atoms with Gasteiger partial charge in [0.15, 0.2) is 0 Å². The van der Waals surface area contributed by atoms with Gasteiger partial charge in [-0.15, -0.1) is 0 Å². The summed E-state index contributed by atoms with van der Waals surface area (Å²) in [5.74, 6) is 1.17. The molecule has 1 aliphatic heterocycles. The topological polar surface area (TPSA) is 28.2 Å². The van der Waals surface area contributed by atoms with E-state index in [2.05, 4.69) is 41.2 Å². The van der Waals surface area contributed by atoms with Crippen molar-refractivity contribution in [1.29, 1.82) is 0 Å². The Morgan fingerprint density at radius 3 is 2.72 bits per heavy atom. The van der Waals surface area contributed by atoms with Crippen LogP contribution in [0.15, 0.2) is 12.1 Å². The van der Waals surface area contributed by atoms with Crippen molar-refractivity contribution in [3.63, 3.8) is 0 Å². The Balaban J connectivity index is 2.05. The minimum Gasteiger partial charge on any atom is -0.357 e. The van der Waals surface area contributed by atoms with E-state index in [1.165, 1.54) is 37.1 Å². The van der Waals surface area contributed by atoms with E-state index in [1.807, 2.05) is 0 Å². The molecule has 1 aliphatic rings. The molecule has 0 unspecified atom stereocenters. The Bertz CT molecular complexity index is 370. The number of aryl methyl sites for hydroxylation is 1. The summed E-state index contributed by atoms with van der Waals surface area (Å²) >= 11 is 0. The van der Waals surface area contributed by atoms with Crippen LogP contribution in [-0.4, -0.2) is 24.6 Å². The average molecular weight is 247 g/mol. The molecule has 1 fully saturated rings. The molecule has 100 valence electrons. The second kappa shape index (κ2) is 6.74. The van der Waals surface area contributed by atoms with Crippen molar-refractivity contribution in [3.8, 4) is 0 Å². The van der Waals surface area contributed by atoms with E-state index in [4.69, 9.17) is 0 Å². The SMILES string of the molecule is CCCNCc1cc(C)nc(N2CCCCC2)c1. The molecule has 1 aromatic rings. The molecule has 0 bridgehead atoms. The largest absolute Gasteiger partial charge is 0.357 e. The zero-order chi connectivity index (χ0) is 12.8. The lowest BCUT2D eigenvalue weighted by Crippen LogP contribution is -2.30. The number of pyridine rings is 1. The van der Waals surface area contributed by atoms with Crippen molar-refractivity contribution in [2.24, 2.45) is 0 Å². The molecular weight excluding hydrogens is 222 g/mol. The van der Waals surface area contributed by atoms with Gasteiger partial charge in [0.2, 0.25) is 0 Å². The third kappa shape index (κ3) is 3.70. The first-order valence-corrected chi connectivity index (χ1v) is 7.23. The van der Waals surface area contributed by atoms with Gasteiger partial charge >= 0.3 is 0 Å². The number of nitrogens with one attached hydrogen (secondary N) is 1. The van der Waals surface area contributed by atoms with E-state index in [1.54, 1.807) is 0 Å². The van der Waals surface area contributed by atoms with E-state index >= 15 is 0 Å². The Hall–Kier alpha value is -1.09. The summed E-state index contributed by atoms with van der Waals surface area (Å²) in [7, 11) is 0. The van der Waals surface area contributed by atoms with Crippen LogP contribution in [0.3, 0.4) is 0 Å². The molecule has 0 amide bonds. The number of anilines is 1. The third-order valence-electron chi connectivity index (χ3n) is 3.44. The fraction of sp³-hybridized carbons (Fsp3) is 0.667. The monoisotopic (exact) mass is 247 g/mol. The van der Waals surface area contributed by atoms with Crippen LogP contribution in [0.5, 0.6) is 0 Å². The molecule has 2 rings (SSSR count). The molecule has 0 radical (unpaired) electrons. The quantitative estimate of drug-likeness (QED) is 0.811. The third-order valence-corrected chi connectivity index (χ3v) is 3.44. The van der Waals surface area contributed by atoms with E-state index in [0.29, 0.717) is 0 Å². The number of hydrogen-bond acceptors (Lipinski definition) is 3. The smallest absolute Gasteiger partial charge is 0.129 e. The highest BCUT2D eigenvalue weighted by Crippen LogP contribution is 2.19. The number of rotatable bonds is 5. The maximum atomic E-state index is 4.68. The van der Waals surface area contributed by atoms with E-state index < -0.39 is 0 Å². The summed E-state index contributed by atoms with van der Waals surface area (Å²) in [6.07, 6.45) is 5.16. The first-order chi connectivity index (χ1) is 8.79. The molecule has 0 saturated carbocycles. The standard InChI is InChI=1S/C15H25N3/c1-3-7-16-12-14-10-13(2)17-15(11-14)18-8-5-4-6-9-18/h10-11,16H,3-9,12H2,1-2H3. The highest BCUT2D eigenvalue weighted by atomic mass is 15.2. The zero-order valence-corrected chi connectivity index (χ0v) is 11.7. The average Bonchev–Trinajstić information content (AvgIpc) is 2.39. The lowest BCUT2D eigenvalue weighted by Gasteiger charge is -2.28. The Morgan fingerprint density at radius 2 is 2.00 bits per heavy atom. The number of piperidine rings is 1. The van der Waals surface area contributed by atoms with Crippen molar-refractivity contribution in [3.05, 3.63) is 23.4 Å². The summed E-state index contributed by atoms with van der Waals surface area (Å²) < 4.78 is 0. The van der Waals surface area contributed by atoms with Gasteiger partial charge in [-0.1, -0.05) is 6.92 Å². The van der Waals surface area contributed by atoms with E-state index in [9.17, 15) is 0 Å². The first-order valence-electron chi connectivity index (χ1n) is 7.23. The van der Waals surface area contributed by atoms with Gasteiger partial charge in [0, 0.05) is 25.3 Å². The van der Waals surface area contributed by atoms with Crippen LogP contribution < -0.4 is 10.2 Å². The Labute approximate surface area is 111 Å². The van der Waals surface area contributed by atoms with Gasteiger partial charge < -0.3 is 10.2 Å². The van der Waals surface area contributed by atoms with Gasteiger partial charge in [-0.3, -0.25) is 0 Å². The lowest BCUT2D eigenvalue weighted by atomic mass is 10.1. The Kier molecular flexibility index (Phi) is 5.00. The van der Waals surface area contributed by atoms with Gasteiger partial charge in [0.25, 0.3) is 0 Å². The van der Waals surface area contributed by atoms with Crippen LogP contribution in [-0.2, 0) is 6.54 Å². The van der Waals surface area contributed by atoms with Crippen LogP contribution in [0.4, 0.5) is 5.82 Å². The van der Waals surface area contributed by atoms with Crippen LogP contribution >= 0.6 is 0 Å². The molecule has 3 heteroatoms.